The molecule has 0 aliphatic heterocycles. The smallest absolute Gasteiger partial charge is 0.234 e. The van der Waals surface area contributed by atoms with E-state index in [9.17, 15) is 4.79 Å². The zero-order valence-corrected chi connectivity index (χ0v) is 15.1. The number of carbonyl (C=O) groups is 1. The minimum absolute atomic E-state index is 0.110. The van der Waals surface area contributed by atoms with Gasteiger partial charge in [0, 0.05) is 35.2 Å². The summed E-state index contributed by atoms with van der Waals surface area (Å²) in [6.07, 6.45) is 3.46. The highest BCUT2D eigenvalue weighted by atomic mass is 35.5. The Morgan fingerprint density at radius 1 is 1.24 bits per heavy atom. The van der Waals surface area contributed by atoms with Gasteiger partial charge in [-0.2, -0.15) is 0 Å². The van der Waals surface area contributed by atoms with Gasteiger partial charge in [0.1, 0.15) is 0 Å². The van der Waals surface area contributed by atoms with Gasteiger partial charge in [-0.25, -0.2) is 0 Å². The molecule has 2 heterocycles. The summed E-state index contributed by atoms with van der Waals surface area (Å²) in [7, 11) is 0. The van der Waals surface area contributed by atoms with Gasteiger partial charge >= 0.3 is 0 Å². The van der Waals surface area contributed by atoms with Gasteiger partial charge in [-0.1, -0.05) is 23.4 Å². The Morgan fingerprint density at radius 3 is 2.72 bits per heavy atom. The molecule has 0 aliphatic rings. The minimum atomic E-state index is -0.110. The van der Waals surface area contributed by atoms with E-state index in [1.54, 1.807) is 36.7 Å². The minimum Gasteiger partial charge on any atom is -0.325 e. The lowest BCUT2D eigenvalue weighted by Gasteiger charge is -2.07. The third-order valence-electron chi connectivity index (χ3n) is 3.41. The third kappa shape index (κ3) is 4.37. The molecule has 2 aromatic heterocycles. The number of anilines is 1. The van der Waals surface area contributed by atoms with Crippen LogP contribution in [0.5, 0.6) is 0 Å². The maximum atomic E-state index is 12.1. The van der Waals surface area contributed by atoms with E-state index in [1.165, 1.54) is 11.8 Å². The van der Waals surface area contributed by atoms with Crippen LogP contribution in [0.25, 0.3) is 11.4 Å². The second-order valence-corrected chi connectivity index (χ2v) is 6.51. The van der Waals surface area contributed by atoms with Crippen molar-refractivity contribution in [2.45, 2.75) is 18.6 Å². The molecule has 128 valence electrons. The number of nitrogens with one attached hydrogen (secondary N) is 1. The summed E-state index contributed by atoms with van der Waals surface area (Å²) in [6.45, 7) is 2.72. The fourth-order valence-electron chi connectivity index (χ4n) is 2.25. The van der Waals surface area contributed by atoms with Crippen LogP contribution in [-0.2, 0) is 11.3 Å². The first-order chi connectivity index (χ1) is 12.2. The predicted molar refractivity (Wildman–Crippen MR) is 99.7 cm³/mol. The van der Waals surface area contributed by atoms with Gasteiger partial charge in [0.15, 0.2) is 11.0 Å². The van der Waals surface area contributed by atoms with Crippen molar-refractivity contribution in [2.75, 3.05) is 11.1 Å². The summed E-state index contributed by atoms with van der Waals surface area (Å²) in [5.41, 5.74) is 1.61. The van der Waals surface area contributed by atoms with Gasteiger partial charge in [-0.3, -0.25) is 9.78 Å². The molecule has 1 N–H and O–H groups in total. The Kier molecular flexibility index (Phi) is 5.67. The highest BCUT2D eigenvalue weighted by Crippen LogP contribution is 2.23. The average Bonchev–Trinajstić information content (AvgIpc) is 3.05. The number of carbonyl (C=O) groups excluding carboxylic acids is 1. The van der Waals surface area contributed by atoms with E-state index >= 15 is 0 Å². The van der Waals surface area contributed by atoms with Crippen molar-refractivity contribution in [2.24, 2.45) is 0 Å². The number of thioether (sulfide) groups is 1. The monoisotopic (exact) mass is 373 g/mol. The molecule has 0 fully saturated rings. The van der Waals surface area contributed by atoms with Crippen LogP contribution in [0.3, 0.4) is 0 Å². The molecule has 0 saturated carbocycles. The molecular weight excluding hydrogens is 358 g/mol. The van der Waals surface area contributed by atoms with Gasteiger partial charge < -0.3 is 9.88 Å². The number of aromatic nitrogens is 4. The average molecular weight is 374 g/mol. The number of hydrogen-bond donors (Lipinski definition) is 1. The second kappa shape index (κ2) is 8.13. The molecule has 1 amide bonds. The number of benzene rings is 1. The number of hydrogen-bond acceptors (Lipinski definition) is 5. The van der Waals surface area contributed by atoms with E-state index in [1.807, 2.05) is 23.6 Å². The number of nitrogens with zero attached hydrogens (tertiary/aromatic N) is 4. The largest absolute Gasteiger partial charge is 0.325 e. The molecule has 8 heteroatoms. The number of pyridine rings is 1. The summed E-state index contributed by atoms with van der Waals surface area (Å²) in [4.78, 5) is 16.2. The number of rotatable bonds is 6. The summed E-state index contributed by atoms with van der Waals surface area (Å²) >= 11 is 7.18. The van der Waals surface area contributed by atoms with Crippen LogP contribution >= 0.6 is 23.4 Å². The molecular formula is C17H16ClN5OS. The lowest BCUT2D eigenvalue weighted by Crippen LogP contribution is -2.14. The van der Waals surface area contributed by atoms with Gasteiger partial charge in [-0.15, -0.1) is 10.2 Å². The van der Waals surface area contributed by atoms with Crippen LogP contribution in [0, 0.1) is 0 Å². The highest BCUT2D eigenvalue weighted by molar-refractivity contribution is 7.99. The third-order valence-corrected chi connectivity index (χ3v) is 4.63. The van der Waals surface area contributed by atoms with Gasteiger partial charge in [0.05, 0.1) is 5.75 Å². The molecule has 0 atom stereocenters. The maximum absolute atomic E-state index is 12.1. The van der Waals surface area contributed by atoms with Gasteiger partial charge in [0.25, 0.3) is 0 Å². The van der Waals surface area contributed by atoms with Gasteiger partial charge in [-0.05, 0) is 43.3 Å². The molecule has 3 rings (SSSR count). The second-order valence-electron chi connectivity index (χ2n) is 5.14. The van der Waals surface area contributed by atoms with Crippen molar-refractivity contribution in [3.8, 4) is 11.4 Å². The molecule has 6 nitrogen and oxygen atoms in total. The van der Waals surface area contributed by atoms with Crippen molar-refractivity contribution < 1.29 is 4.79 Å². The summed E-state index contributed by atoms with van der Waals surface area (Å²) < 4.78 is 1.97. The fourth-order valence-corrected chi connectivity index (χ4v) is 3.18. The van der Waals surface area contributed by atoms with E-state index in [0.29, 0.717) is 22.4 Å². The highest BCUT2D eigenvalue weighted by Gasteiger charge is 2.14. The topological polar surface area (TPSA) is 72.7 Å². The first-order valence-electron chi connectivity index (χ1n) is 7.69. The first-order valence-corrected chi connectivity index (χ1v) is 9.05. The van der Waals surface area contributed by atoms with E-state index in [0.717, 1.165) is 11.4 Å². The predicted octanol–water partition coefficient (Wildman–Crippen LogP) is 3.74. The van der Waals surface area contributed by atoms with Crippen LogP contribution in [0.1, 0.15) is 6.92 Å². The van der Waals surface area contributed by atoms with E-state index in [2.05, 4.69) is 20.5 Å². The zero-order valence-electron chi connectivity index (χ0n) is 13.5. The Bertz CT molecular complexity index is 851. The zero-order chi connectivity index (χ0) is 17.6. The Hall–Kier alpha value is -2.38. The number of amides is 1. The van der Waals surface area contributed by atoms with Crippen LogP contribution in [-0.4, -0.2) is 31.4 Å². The van der Waals surface area contributed by atoms with E-state index in [4.69, 9.17) is 11.6 Å². The molecule has 25 heavy (non-hydrogen) atoms. The lowest BCUT2D eigenvalue weighted by atomic mass is 10.3. The first kappa shape index (κ1) is 17.4. The van der Waals surface area contributed by atoms with E-state index in [-0.39, 0.29) is 11.7 Å². The van der Waals surface area contributed by atoms with Crippen molar-refractivity contribution in [3.05, 3.63) is 53.8 Å². The molecule has 1 aromatic carbocycles. The quantitative estimate of drug-likeness (QED) is 0.666. The molecule has 0 aliphatic carbocycles. The normalized spacial score (nSPS) is 10.6. The lowest BCUT2D eigenvalue weighted by molar-refractivity contribution is -0.113. The van der Waals surface area contributed by atoms with Crippen LogP contribution in [0.15, 0.2) is 53.9 Å². The Labute approximate surface area is 154 Å². The van der Waals surface area contributed by atoms with Crippen LogP contribution in [0.4, 0.5) is 5.69 Å². The van der Waals surface area contributed by atoms with E-state index < -0.39 is 0 Å². The maximum Gasteiger partial charge on any atom is 0.234 e. The molecule has 0 radical (unpaired) electrons. The fraction of sp³-hybridized carbons (Fsp3) is 0.176. The summed E-state index contributed by atoms with van der Waals surface area (Å²) in [6, 6.07) is 10.8. The molecule has 3 aromatic rings. The van der Waals surface area contributed by atoms with Crippen LogP contribution < -0.4 is 5.32 Å². The van der Waals surface area contributed by atoms with Crippen molar-refractivity contribution in [1.82, 2.24) is 19.7 Å². The van der Waals surface area contributed by atoms with Crippen molar-refractivity contribution in [3.63, 3.8) is 0 Å². The molecule has 0 unspecified atom stereocenters. The Balaban J connectivity index is 1.66. The van der Waals surface area contributed by atoms with Crippen molar-refractivity contribution in [1.29, 1.82) is 0 Å². The van der Waals surface area contributed by atoms with Crippen molar-refractivity contribution >= 4 is 35.0 Å². The SMILES string of the molecule is CCn1c(SCC(=O)Nc2ccc(Cl)cc2)nnc1-c1cccnc1. The summed E-state index contributed by atoms with van der Waals surface area (Å²) in [5.74, 6) is 0.880. The standard InChI is InChI=1S/C17H16ClN5OS/c1-2-23-16(12-4-3-9-19-10-12)21-22-17(23)25-11-15(24)20-14-7-5-13(18)6-8-14/h3-10H,2,11H2,1H3,(H,20,24). The number of halogens is 1. The summed E-state index contributed by atoms with van der Waals surface area (Å²) in [5, 5.41) is 12.6. The van der Waals surface area contributed by atoms with Gasteiger partial charge in [0.2, 0.25) is 5.91 Å². The molecule has 0 bridgehead atoms. The van der Waals surface area contributed by atoms with Crippen LogP contribution in [0.2, 0.25) is 5.02 Å². The Morgan fingerprint density at radius 2 is 2.04 bits per heavy atom. The molecule has 0 spiro atoms. The molecule has 0 saturated heterocycles.